The number of amides is 1. The van der Waals surface area contributed by atoms with Gasteiger partial charge in [-0.3, -0.25) is 4.79 Å². The molecule has 0 aliphatic carbocycles. The average molecular weight is 281 g/mol. The maximum atomic E-state index is 12.4. The lowest BCUT2D eigenvalue weighted by atomic mass is 10.2. The second-order valence-electron chi connectivity index (χ2n) is 3.63. The second-order valence-corrected chi connectivity index (χ2v) is 4.52. The Bertz CT molecular complexity index is 405. The molecule has 2 N–H and O–H groups in total. The van der Waals surface area contributed by atoms with E-state index in [4.69, 9.17) is 0 Å². The first-order valence-electron chi connectivity index (χ1n) is 5.35. The SMILES string of the molecule is CCC(NC(=O)CNC)c1nc(C(F)(F)F)cs1. The van der Waals surface area contributed by atoms with Crippen molar-refractivity contribution in [3.63, 3.8) is 0 Å². The van der Waals surface area contributed by atoms with E-state index in [2.05, 4.69) is 15.6 Å². The number of carbonyl (C=O) groups is 1. The first-order chi connectivity index (χ1) is 8.38. The molecule has 102 valence electrons. The summed E-state index contributed by atoms with van der Waals surface area (Å²) in [5.41, 5.74) is -0.913. The van der Waals surface area contributed by atoms with Crippen molar-refractivity contribution in [3.8, 4) is 0 Å². The van der Waals surface area contributed by atoms with E-state index in [0.29, 0.717) is 6.42 Å². The highest BCUT2D eigenvalue weighted by Gasteiger charge is 2.34. The fraction of sp³-hybridized carbons (Fsp3) is 0.600. The van der Waals surface area contributed by atoms with Crippen LogP contribution in [0.3, 0.4) is 0 Å². The summed E-state index contributed by atoms with van der Waals surface area (Å²) in [5, 5.41) is 6.53. The molecular weight excluding hydrogens is 267 g/mol. The van der Waals surface area contributed by atoms with Crippen LogP contribution in [-0.2, 0) is 11.0 Å². The number of nitrogens with one attached hydrogen (secondary N) is 2. The molecule has 0 radical (unpaired) electrons. The number of hydrogen-bond acceptors (Lipinski definition) is 4. The molecule has 1 heterocycles. The molecule has 0 aromatic carbocycles. The van der Waals surface area contributed by atoms with Crippen LogP contribution in [0.5, 0.6) is 0 Å². The van der Waals surface area contributed by atoms with Crippen molar-refractivity contribution in [2.45, 2.75) is 25.6 Å². The minimum Gasteiger partial charge on any atom is -0.346 e. The Balaban J connectivity index is 2.77. The van der Waals surface area contributed by atoms with Crippen molar-refractivity contribution >= 4 is 17.2 Å². The van der Waals surface area contributed by atoms with Crippen molar-refractivity contribution in [1.29, 1.82) is 0 Å². The number of alkyl halides is 3. The van der Waals surface area contributed by atoms with Gasteiger partial charge < -0.3 is 10.6 Å². The smallest absolute Gasteiger partial charge is 0.346 e. The number of halogens is 3. The number of rotatable bonds is 5. The van der Waals surface area contributed by atoms with Gasteiger partial charge in [-0.25, -0.2) is 4.98 Å². The van der Waals surface area contributed by atoms with Gasteiger partial charge in [0.25, 0.3) is 0 Å². The molecule has 1 amide bonds. The van der Waals surface area contributed by atoms with Crippen LogP contribution in [0.2, 0.25) is 0 Å². The van der Waals surface area contributed by atoms with Gasteiger partial charge >= 0.3 is 6.18 Å². The number of hydrogen-bond donors (Lipinski definition) is 2. The summed E-state index contributed by atoms with van der Waals surface area (Å²) in [5.74, 6) is -0.270. The highest BCUT2D eigenvalue weighted by molar-refractivity contribution is 7.09. The summed E-state index contributed by atoms with van der Waals surface area (Å²) in [7, 11) is 1.62. The lowest BCUT2D eigenvalue weighted by molar-refractivity contribution is -0.140. The third-order valence-electron chi connectivity index (χ3n) is 2.19. The monoisotopic (exact) mass is 281 g/mol. The van der Waals surface area contributed by atoms with Crippen LogP contribution in [0.1, 0.15) is 30.1 Å². The van der Waals surface area contributed by atoms with Crippen LogP contribution in [0.4, 0.5) is 13.2 Å². The fourth-order valence-electron chi connectivity index (χ4n) is 1.32. The zero-order valence-corrected chi connectivity index (χ0v) is 10.8. The molecule has 0 aliphatic heterocycles. The van der Waals surface area contributed by atoms with Gasteiger partial charge in [0.2, 0.25) is 5.91 Å². The molecule has 0 saturated heterocycles. The normalized spacial score (nSPS) is 13.4. The number of thiazole rings is 1. The zero-order chi connectivity index (χ0) is 13.8. The van der Waals surface area contributed by atoms with Crippen LogP contribution in [-0.4, -0.2) is 24.5 Å². The van der Waals surface area contributed by atoms with E-state index in [1.165, 1.54) is 0 Å². The van der Waals surface area contributed by atoms with E-state index in [0.717, 1.165) is 16.7 Å². The summed E-state index contributed by atoms with van der Waals surface area (Å²) in [6.07, 6.45) is -3.96. The van der Waals surface area contributed by atoms with Gasteiger partial charge in [-0.1, -0.05) is 6.92 Å². The first kappa shape index (κ1) is 14.9. The van der Waals surface area contributed by atoms with Crippen molar-refractivity contribution in [3.05, 3.63) is 16.1 Å². The Morgan fingerprint density at radius 2 is 2.22 bits per heavy atom. The predicted octanol–water partition coefficient (Wildman–Crippen LogP) is 1.95. The largest absolute Gasteiger partial charge is 0.434 e. The van der Waals surface area contributed by atoms with E-state index in [-0.39, 0.29) is 17.5 Å². The number of likely N-dealkylation sites (N-methyl/N-ethyl adjacent to an activating group) is 1. The summed E-state index contributed by atoms with van der Waals surface area (Å²) >= 11 is 0.903. The summed E-state index contributed by atoms with van der Waals surface area (Å²) in [4.78, 5) is 14.9. The second kappa shape index (κ2) is 6.14. The van der Waals surface area contributed by atoms with Crippen LogP contribution in [0.25, 0.3) is 0 Å². The molecule has 0 saturated carbocycles. The Morgan fingerprint density at radius 3 is 2.67 bits per heavy atom. The van der Waals surface area contributed by atoms with E-state index >= 15 is 0 Å². The molecule has 1 aromatic heterocycles. The quantitative estimate of drug-likeness (QED) is 0.867. The van der Waals surface area contributed by atoms with Crippen LogP contribution in [0, 0.1) is 0 Å². The molecule has 1 atom stereocenters. The Labute approximate surface area is 107 Å². The molecule has 1 unspecified atom stereocenters. The maximum absolute atomic E-state index is 12.4. The fourth-order valence-corrected chi connectivity index (χ4v) is 2.28. The molecule has 0 bridgehead atoms. The molecule has 8 heteroatoms. The van der Waals surface area contributed by atoms with Gasteiger partial charge in [0.1, 0.15) is 5.01 Å². The zero-order valence-electron chi connectivity index (χ0n) is 9.97. The van der Waals surface area contributed by atoms with Gasteiger partial charge in [-0.15, -0.1) is 11.3 Å². The third-order valence-corrected chi connectivity index (χ3v) is 3.15. The third kappa shape index (κ3) is 3.95. The topological polar surface area (TPSA) is 54.0 Å². The maximum Gasteiger partial charge on any atom is 0.434 e. The van der Waals surface area contributed by atoms with Crippen molar-refractivity contribution in [2.75, 3.05) is 13.6 Å². The Hall–Kier alpha value is -1.15. The summed E-state index contributed by atoms with van der Waals surface area (Å²) < 4.78 is 37.2. The molecule has 0 spiro atoms. The van der Waals surface area contributed by atoms with E-state index in [1.807, 2.05) is 0 Å². The van der Waals surface area contributed by atoms with Gasteiger partial charge in [0, 0.05) is 5.38 Å². The molecule has 4 nitrogen and oxygen atoms in total. The minimum absolute atomic E-state index is 0.119. The van der Waals surface area contributed by atoms with Gasteiger partial charge in [0.05, 0.1) is 12.6 Å². The van der Waals surface area contributed by atoms with Crippen molar-refractivity contribution in [2.24, 2.45) is 0 Å². The molecule has 1 aromatic rings. The molecule has 0 aliphatic rings. The Kier molecular flexibility index (Phi) is 5.09. The first-order valence-corrected chi connectivity index (χ1v) is 6.23. The van der Waals surface area contributed by atoms with Crippen LogP contribution in [0.15, 0.2) is 5.38 Å². The summed E-state index contributed by atoms with van der Waals surface area (Å²) in [6.45, 7) is 1.90. The van der Waals surface area contributed by atoms with Gasteiger partial charge in [0.15, 0.2) is 5.69 Å². The lowest BCUT2D eigenvalue weighted by Gasteiger charge is -2.14. The lowest BCUT2D eigenvalue weighted by Crippen LogP contribution is -2.34. The molecule has 18 heavy (non-hydrogen) atoms. The number of nitrogens with zero attached hydrogens (tertiary/aromatic N) is 1. The average Bonchev–Trinajstić information content (AvgIpc) is 2.75. The molecular formula is C10H14F3N3OS. The standard InChI is InChI=1S/C10H14F3N3OS/c1-3-6(15-8(17)4-14-2)9-16-7(5-18-9)10(11,12)13/h5-6,14H,3-4H2,1-2H3,(H,15,17). The van der Waals surface area contributed by atoms with Crippen LogP contribution >= 0.6 is 11.3 Å². The highest BCUT2D eigenvalue weighted by atomic mass is 32.1. The minimum atomic E-state index is -4.44. The number of aromatic nitrogens is 1. The highest BCUT2D eigenvalue weighted by Crippen LogP contribution is 2.32. The van der Waals surface area contributed by atoms with E-state index < -0.39 is 17.9 Å². The van der Waals surface area contributed by atoms with E-state index in [1.54, 1.807) is 14.0 Å². The van der Waals surface area contributed by atoms with Gasteiger partial charge in [-0.05, 0) is 13.5 Å². The van der Waals surface area contributed by atoms with Crippen LogP contribution < -0.4 is 10.6 Å². The molecule has 1 rings (SSSR count). The molecule has 0 fully saturated rings. The van der Waals surface area contributed by atoms with E-state index in [9.17, 15) is 18.0 Å². The van der Waals surface area contributed by atoms with Crippen molar-refractivity contribution < 1.29 is 18.0 Å². The van der Waals surface area contributed by atoms with Gasteiger partial charge in [-0.2, -0.15) is 13.2 Å². The van der Waals surface area contributed by atoms with Crippen molar-refractivity contribution in [1.82, 2.24) is 15.6 Å². The predicted molar refractivity (Wildman–Crippen MR) is 62.2 cm³/mol. The summed E-state index contributed by atoms with van der Waals surface area (Å²) in [6, 6.07) is -0.480. The Morgan fingerprint density at radius 1 is 1.56 bits per heavy atom. The number of carbonyl (C=O) groups excluding carboxylic acids is 1.